The molecule has 0 heterocycles. The van der Waals surface area contributed by atoms with E-state index in [1.54, 1.807) is 0 Å². The molecule has 3 nitrogen and oxygen atoms in total. The van der Waals surface area contributed by atoms with Crippen molar-refractivity contribution in [2.24, 2.45) is 5.41 Å². The van der Waals surface area contributed by atoms with Crippen LogP contribution in [-0.2, 0) is 9.53 Å². The zero-order valence-corrected chi connectivity index (χ0v) is 7.30. The molecule has 2 aliphatic rings. The van der Waals surface area contributed by atoms with Gasteiger partial charge in [0.05, 0.1) is 18.1 Å². The van der Waals surface area contributed by atoms with Crippen LogP contribution in [0.4, 0.5) is 0 Å². The average molecular weight is 170 g/mol. The van der Waals surface area contributed by atoms with E-state index in [-0.39, 0.29) is 11.4 Å². The Morgan fingerprint density at radius 2 is 1.92 bits per heavy atom. The number of hydrogen-bond acceptors (Lipinski definition) is 3. The minimum Gasteiger partial charge on any atom is -0.469 e. The molecule has 1 N–H and O–H groups in total. The van der Waals surface area contributed by atoms with Crippen molar-refractivity contribution in [1.29, 1.82) is 0 Å². The maximum atomic E-state index is 11.4. The highest BCUT2D eigenvalue weighted by molar-refractivity contribution is 5.78. The van der Waals surface area contributed by atoms with Crippen LogP contribution in [0.2, 0.25) is 0 Å². The predicted octanol–water partition coefficient (Wildman–Crippen LogP) is 0.855. The van der Waals surface area contributed by atoms with E-state index in [0.717, 1.165) is 25.7 Å². The van der Waals surface area contributed by atoms with Crippen molar-refractivity contribution in [3.8, 4) is 0 Å². The van der Waals surface area contributed by atoms with Gasteiger partial charge in [0.25, 0.3) is 0 Å². The van der Waals surface area contributed by atoms with E-state index < -0.39 is 5.60 Å². The second-order valence-electron chi connectivity index (χ2n) is 4.17. The number of rotatable bonds is 1. The van der Waals surface area contributed by atoms with E-state index in [1.807, 2.05) is 0 Å². The molecule has 0 unspecified atom stereocenters. The first-order valence-electron chi connectivity index (χ1n) is 4.41. The Balaban J connectivity index is 2.20. The number of carbonyl (C=O) groups excluding carboxylic acids is 1. The van der Waals surface area contributed by atoms with Gasteiger partial charge in [-0.1, -0.05) is 0 Å². The summed E-state index contributed by atoms with van der Waals surface area (Å²) < 4.78 is 4.75. The van der Waals surface area contributed by atoms with E-state index in [1.165, 1.54) is 7.11 Å². The molecular weight excluding hydrogens is 156 g/mol. The summed E-state index contributed by atoms with van der Waals surface area (Å²) in [6.45, 7) is 0. The fourth-order valence-corrected chi connectivity index (χ4v) is 2.67. The fourth-order valence-electron chi connectivity index (χ4n) is 2.67. The third kappa shape index (κ3) is 0.891. The normalized spacial score (nSPS) is 44.8. The predicted molar refractivity (Wildman–Crippen MR) is 42.5 cm³/mol. The molecule has 2 aliphatic carbocycles. The van der Waals surface area contributed by atoms with Gasteiger partial charge < -0.3 is 9.84 Å². The molecule has 2 fully saturated rings. The fraction of sp³-hybridized carbons (Fsp3) is 0.889. The van der Waals surface area contributed by atoms with E-state index in [0.29, 0.717) is 6.42 Å². The Labute approximate surface area is 71.7 Å². The SMILES string of the molecule is COC(=O)C12CCC(O)(CC1)C2. The van der Waals surface area contributed by atoms with Crippen molar-refractivity contribution in [2.45, 2.75) is 37.7 Å². The zero-order valence-electron chi connectivity index (χ0n) is 7.30. The molecule has 3 heteroatoms. The molecule has 2 bridgehead atoms. The highest BCUT2D eigenvalue weighted by Gasteiger charge is 2.58. The Morgan fingerprint density at radius 1 is 1.33 bits per heavy atom. The highest BCUT2D eigenvalue weighted by atomic mass is 16.5. The summed E-state index contributed by atoms with van der Waals surface area (Å²) in [6, 6.07) is 0. The molecule has 2 rings (SSSR count). The molecule has 0 aromatic heterocycles. The van der Waals surface area contributed by atoms with Crippen molar-refractivity contribution < 1.29 is 14.6 Å². The van der Waals surface area contributed by atoms with Crippen LogP contribution in [0.15, 0.2) is 0 Å². The Morgan fingerprint density at radius 3 is 2.25 bits per heavy atom. The quantitative estimate of drug-likeness (QED) is 0.593. The third-order valence-corrected chi connectivity index (χ3v) is 3.42. The molecule has 68 valence electrons. The van der Waals surface area contributed by atoms with E-state index >= 15 is 0 Å². The van der Waals surface area contributed by atoms with Crippen LogP contribution in [0.25, 0.3) is 0 Å². The number of fused-ring (bicyclic) bond motifs is 2. The highest BCUT2D eigenvalue weighted by Crippen LogP contribution is 2.56. The van der Waals surface area contributed by atoms with Crippen LogP contribution in [0.3, 0.4) is 0 Å². The monoisotopic (exact) mass is 170 g/mol. The molecule has 0 aromatic carbocycles. The van der Waals surface area contributed by atoms with Gasteiger partial charge in [-0.2, -0.15) is 0 Å². The number of methoxy groups -OCH3 is 1. The number of hydrogen-bond donors (Lipinski definition) is 1. The Bertz CT molecular complexity index is 214. The van der Waals surface area contributed by atoms with E-state index in [4.69, 9.17) is 4.74 Å². The zero-order chi connectivity index (χ0) is 8.82. The van der Waals surface area contributed by atoms with Crippen molar-refractivity contribution >= 4 is 5.97 Å². The molecule has 0 atom stereocenters. The summed E-state index contributed by atoms with van der Waals surface area (Å²) in [6.07, 6.45) is 3.75. The molecule has 0 aliphatic heterocycles. The average Bonchev–Trinajstić information content (AvgIpc) is 2.57. The molecule has 0 radical (unpaired) electrons. The van der Waals surface area contributed by atoms with Gasteiger partial charge in [-0.05, 0) is 32.1 Å². The molecular formula is C9H14O3. The Hall–Kier alpha value is -0.570. The smallest absolute Gasteiger partial charge is 0.311 e. The molecule has 2 saturated carbocycles. The third-order valence-electron chi connectivity index (χ3n) is 3.42. The van der Waals surface area contributed by atoms with Crippen LogP contribution < -0.4 is 0 Å². The number of esters is 1. The van der Waals surface area contributed by atoms with Gasteiger partial charge in [-0.15, -0.1) is 0 Å². The second-order valence-corrected chi connectivity index (χ2v) is 4.17. The Kier molecular flexibility index (Phi) is 1.49. The lowest BCUT2D eigenvalue weighted by Gasteiger charge is -2.22. The summed E-state index contributed by atoms with van der Waals surface area (Å²) in [5.74, 6) is -0.129. The van der Waals surface area contributed by atoms with Gasteiger partial charge in [-0.25, -0.2) is 0 Å². The molecule has 12 heavy (non-hydrogen) atoms. The van der Waals surface area contributed by atoms with Gasteiger partial charge in [0.15, 0.2) is 0 Å². The maximum Gasteiger partial charge on any atom is 0.311 e. The van der Waals surface area contributed by atoms with Crippen LogP contribution in [0.1, 0.15) is 32.1 Å². The first-order valence-corrected chi connectivity index (χ1v) is 4.41. The van der Waals surface area contributed by atoms with Crippen molar-refractivity contribution in [2.75, 3.05) is 7.11 Å². The first kappa shape index (κ1) is 8.05. The summed E-state index contributed by atoms with van der Waals surface area (Å²) in [4.78, 5) is 11.4. The molecule has 0 spiro atoms. The first-order chi connectivity index (χ1) is 5.60. The summed E-state index contributed by atoms with van der Waals surface area (Å²) in [7, 11) is 1.42. The minimum absolute atomic E-state index is 0.129. The summed E-state index contributed by atoms with van der Waals surface area (Å²) in [5, 5.41) is 9.84. The maximum absolute atomic E-state index is 11.4. The standard InChI is InChI=1S/C9H14O3/c1-12-7(10)8-2-4-9(11,6-8)5-3-8/h11H,2-6H2,1H3. The number of carbonyl (C=O) groups is 1. The topological polar surface area (TPSA) is 46.5 Å². The lowest BCUT2D eigenvalue weighted by atomic mass is 9.84. The number of ether oxygens (including phenoxy) is 1. The summed E-state index contributed by atoms with van der Waals surface area (Å²) >= 11 is 0. The lowest BCUT2D eigenvalue weighted by Crippen LogP contribution is -2.27. The second kappa shape index (κ2) is 2.22. The van der Waals surface area contributed by atoms with Crippen LogP contribution in [-0.4, -0.2) is 23.8 Å². The number of aliphatic hydroxyl groups is 1. The van der Waals surface area contributed by atoms with Crippen LogP contribution in [0, 0.1) is 5.41 Å². The van der Waals surface area contributed by atoms with Gasteiger partial charge in [0.1, 0.15) is 0 Å². The van der Waals surface area contributed by atoms with Gasteiger partial charge in [0.2, 0.25) is 0 Å². The molecule has 0 amide bonds. The van der Waals surface area contributed by atoms with Crippen LogP contribution >= 0.6 is 0 Å². The van der Waals surface area contributed by atoms with Crippen molar-refractivity contribution in [3.63, 3.8) is 0 Å². The molecule has 0 saturated heterocycles. The van der Waals surface area contributed by atoms with Crippen molar-refractivity contribution in [1.82, 2.24) is 0 Å². The lowest BCUT2D eigenvalue weighted by molar-refractivity contribution is -0.152. The van der Waals surface area contributed by atoms with Crippen LogP contribution in [0.5, 0.6) is 0 Å². The van der Waals surface area contributed by atoms with E-state index in [2.05, 4.69) is 0 Å². The molecule has 0 aromatic rings. The van der Waals surface area contributed by atoms with E-state index in [9.17, 15) is 9.90 Å². The largest absolute Gasteiger partial charge is 0.469 e. The van der Waals surface area contributed by atoms with Gasteiger partial charge in [-0.3, -0.25) is 4.79 Å². The van der Waals surface area contributed by atoms with Crippen molar-refractivity contribution in [3.05, 3.63) is 0 Å². The van der Waals surface area contributed by atoms with Gasteiger partial charge in [0, 0.05) is 0 Å². The minimum atomic E-state index is -0.547. The summed E-state index contributed by atoms with van der Waals surface area (Å²) in [5.41, 5.74) is -0.877. The van der Waals surface area contributed by atoms with Gasteiger partial charge >= 0.3 is 5.97 Å².